The zero-order valence-corrected chi connectivity index (χ0v) is 18.2. The van der Waals surface area contributed by atoms with E-state index in [1.165, 1.54) is 11.3 Å². The molecule has 2 aromatic carbocycles. The summed E-state index contributed by atoms with van der Waals surface area (Å²) in [6.45, 7) is 0. The smallest absolute Gasteiger partial charge is 0.326 e. The van der Waals surface area contributed by atoms with Crippen LogP contribution in [0.1, 0.15) is 4.88 Å². The Balaban J connectivity index is 1.40. The van der Waals surface area contributed by atoms with E-state index in [0.29, 0.717) is 17.1 Å². The first-order valence-corrected chi connectivity index (χ1v) is 11.4. The van der Waals surface area contributed by atoms with Crippen LogP contribution >= 0.6 is 22.7 Å². The van der Waals surface area contributed by atoms with E-state index >= 15 is 0 Å². The number of hydrogen-bond acceptors (Lipinski definition) is 7. The number of anilines is 1. The highest BCUT2D eigenvalue weighted by Crippen LogP contribution is 2.36. The van der Waals surface area contributed by atoms with Crippen LogP contribution in [0, 0.1) is 0 Å². The summed E-state index contributed by atoms with van der Waals surface area (Å²) in [5, 5.41) is 9.49. The zero-order chi connectivity index (χ0) is 21.9. The SMILES string of the molecule is O=C(Cc1sc(-c2ccccc2)nc1-c1cccs1)Nc1cccc(-c2noc(=O)[nH]2)c1. The molecule has 32 heavy (non-hydrogen) atoms. The van der Waals surface area contributed by atoms with E-state index in [1.54, 1.807) is 35.6 Å². The van der Waals surface area contributed by atoms with Gasteiger partial charge < -0.3 is 5.32 Å². The van der Waals surface area contributed by atoms with Crippen molar-refractivity contribution in [3.63, 3.8) is 0 Å². The van der Waals surface area contributed by atoms with Crippen LogP contribution in [0.25, 0.3) is 32.5 Å². The average molecular weight is 461 g/mol. The van der Waals surface area contributed by atoms with Crippen molar-refractivity contribution in [1.82, 2.24) is 15.1 Å². The molecule has 2 N–H and O–H groups in total. The fourth-order valence-electron chi connectivity index (χ4n) is 3.23. The Labute approximate surface area is 190 Å². The molecule has 0 aliphatic rings. The maximum Gasteiger partial charge on any atom is 0.439 e. The van der Waals surface area contributed by atoms with Crippen LogP contribution in [-0.2, 0) is 11.2 Å². The number of thiazole rings is 1. The minimum absolute atomic E-state index is 0.156. The third-order valence-electron chi connectivity index (χ3n) is 4.65. The van der Waals surface area contributed by atoms with Gasteiger partial charge in [-0.2, -0.15) is 0 Å². The first-order valence-electron chi connectivity index (χ1n) is 9.71. The second kappa shape index (κ2) is 8.74. The third-order valence-corrected chi connectivity index (χ3v) is 6.63. The van der Waals surface area contributed by atoms with Gasteiger partial charge >= 0.3 is 5.76 Å². The van der Waals surface area contributed by atoms with Gasteiger partial charge in [0.15, 0.2) is 5.82 Å². The van der Waals surface area contributed by atoms with Gasteiger partial charge in [0.2, 0.25) is 5.91 Å². The highest BCUT2D eigenvalue weighted by atomic mass is 32.1. The molecule has 0 bridgehead atoms. The lowest BCUT2D eigenvalue weighted by Gasteiger charge is -2.06. The van der Waals surface area contributed by atoms with Crippen LogP contribution in [0.5, 0.6) is 0 Å². The Morgan fingerprint density at radius 3 is 2.62 bits per heavy atom. The molecule has 0 saturated heterocycles. The fraction of sp³-hybridized carbons (Fsp3) is 0.0435. The average Bonchev–Trinajstić information content (AvgIpc) is 3.55. The number of carbonyl (C=O) groups excluding carboxylic acids is 1. The number of benzene rings is 2. The van der Waals surface area contributed by atoms with Crippen molar-refractivity contribution in [1.29, 1.82) is 0 Å². The van der Waals surface area contributed by atoms with Gasteiger partial charge in [-0.25, -0.2) is 9.78 Å². The van der Waals surface area contributed by atoms with Crippen molar-refractivity contribution in [2.75, 3.05) is 5.32 Å². The second-order valence-electron chi connectivity index (χ2n) is 6.88. The third kappa shape index (κ3) is 4.29. The van der Waals surface area contributed by atoms with Crippen LogP contribution in [0.4, 0.5) is 5.69 Å². The van der Waals surface area contributed by atoms with Gasteiger partial charge in [-0.05, 0) is 23.6 Å². The van der Waals surface area contributed by atoms with Gasteiger partial charge in [0.25, 0.3) is 0 Å². The number of aromatic nitrogens is 3. The first-order chi connectivity index (χ1) is 15.7. The number of rotatable bonds is 6. The molecule has 158 valence electrons. The maximum absolute atomic E-state index is 12.9. The standard InChI is InChI=1S/C23H16N4O3S2/c28-19(24-16-9-4-8-15(12-16)21-26-23(29)30-27-21)13-18-20(17-10-5-11-31-17)25-22(32-18)14-6-2-1-3-7-14/h1-12H,13H2,(H,24,28)(H,26,27,29). The Kier molecular flexibility index (Phi) is 5.49. The monoisotopic (exact) mass is 460 g/mol. The molecule has 9 heteroatoms. The topological polar surface area (TPSA) is 101 Å². The van der Waals surface area contributed by atoms with Crippen LogP contribution in [0.2, 0.25) is 0 Å². The molecule has 0 saturated carbocycles. The molecule has 3 aromatic heterocycles. The molecule has 0 fully saturated rings. The van der Waals surface area contributed by atoms with Gasteiger partial charge in [-0.3, -0.25) is 14.3 Å². The van der Waals surface area contributed by atoms with Gasteiger partial charge in [0.1, 0.15) is 5.01 Å². The van der Waals surface area contributed by atoms with Crippen molar-refractivity contribution in [3.8, 4) is 32.5 Å². The minimum atomic E-state index is -0.630. The number of aromatic amines is 1. The Morgan fingerprint density at radius 1 is 1.03 bits per heavy atom. The van der Waals surface area contributed by atoms with Crippen molar-refractivity contribution in [3.05, 3.63) is 87.5 Å². The number of nitrogens with one attached hydrogen (secondary N) is 2. The van der Waals surface area contributed by atoms with Crippen molar-refractivity contribution < 1.29 is 9.32 Å². The molecule has 7 nitrogen and oxygen atoms in total. The van der Waals surface area contributed by atoms with Crippen molar-refractivity contribution in [2.24, 2.45) is 0 Å². The molecular formula is C23H16N4O3S2. The summed E-state index contributed by atoms with van der Waals surface area (Å²) in [7, 11) is 0. The van der Waals surface area contributed by atoms with E-state index in [4.69, 9.17) is 4.98 Å². The number of nitrogens with zero attached hydrogens (tertiary/aromatic N) is 2. The number of thiophene rings is 1. The summed E-state index contributed by atoms with van der Waals surface area (Å²) in [6.07, 6.45) is 0.197. The summed E-state index contributed by atoms with van der Waals surface area (Å²) in [6, 6.07) is 21.0. The van der Waals surface area contributed by atoms with Crippen molar-refractivity contribution >= 4 is 34.3 Å². The normalized spacial score (nSPS) is 10.9. The zero-order valence-electron chi connectivity index (χ0n) is 16.6. The largest absolute Gasteiger partial charge is 0.439 e. The van der Waals surface area contributed by atoms with Crippen molar-refractivity contribution in [2.45, 2.75) is 6.42 Å². The van der Waals surface area contributed by atoms with E-state index in [1.807, 2.05) is 47.8 Å². The van der Waals surface area contributed by atoms with Gasteiger partial charge in [0, 0.05) is 21.7 Å². The number of H-pyrrole nitrogens is 1. The van der Waals surface area contributed by atoms with Crippen LogP contribution < -0.4 is 11.1 Å². The summed E-state index contributed by atoms with van der Waals surface area (Å²) in [4.78, 5) is 33.4. The van der Waals surface area contributed by atoms with Crippen LogP contribution in [-0.4, -0.2) is 21.0 Å². The lowest BCUT2D eigenvalue weighted by atomic mass is 10.2. The Morgan fingerprint density at radius 2 is 1.88 bits per heavy atom. The number of amides is 1. The lowest BCUT2D eigenvalue weighted by Crippen LogP contribution is -2.14. The highest BCUT2D eigenvalue weighted by molar-refractivity contribution is 7.17. The van der Waals surface area contributed by atoms with E-state index in [0.717, 1.165) is 26.0 Å². The predicted octanol–water partition coefficient (Wildman–Crippen LogP) is 5.06. The number of hydrogen-bond donors (Lipinski definition) is 2. The Hall–Kier alpha value is -3.82. The highest BCUT2D eigenvalue weighted by Gasteiger charge is 2.18. The van der Waals surface area contributed by atoms with Crippen LogP contribution in [0.15, 0.2) is 81.4 Å². The second-order valence-corrected chi connectivity index (χ2v) is 8.91. The molecule has 0 atom stereocenters. The molecule has 0 spiro atoms. The van der Waals surface area contributed by atoms with Gasteiger partial charge in [-0.1, -0.05) is 53.7 Å². The van der Waals surface area contributed by atoms with E-state index in [9.17, 15) is 9.59 Å². The molecule has 0 aliphatic heterocycles. The maximum atomic E-state index is 12.9. The summed E-state index contributed by atoms with van der Waals surface area (Å²) in [5.74, 6) is -0.479. The fourth-order valence-corrected chi connectivity index (χ4v) is 5.12. The summed E-state index contributed by atoms with van der Waals surface area (Å²) in [5.41, 5.74) is 3.10. The molecule has 0 radical (unpaired) electrons. The number of carbonyl (C=O) groups is 1. The van der Waals surface area contributed by atoms with Crippen LogP contribution in [0.3, 0.4) is 0 Å². The predicted molar refractivity (Wildman–Crippen MR) is 126 cm³/mol. The molecular weight excluding hydrogens is 444 g/mol. The van der Waals surface area contributed by atoms with E-state index in [2.05, 4.69) is 20.0 Å². The minimum Gasteiger partial charge on any atom is -0.326 e. The molecule has 3 heterocycles. The first kappa shape index (κ1) is 20.1. The van der Waals surface area contributed by atoms with E-state index in [-0.39, 0.29) is 12.3 Å². The molecule has 0 unspecified atom stereocenters. The molecule has 5 aromatic rings. The summed E-state index contributed by atoms with van der Waals surface area (Å²) >= 11 is 3.12. The quantitative estimate of drug-likeness (QED) is 0.369. The summed E-state index contributed by atoms with van der Waals surface area (Å²) < 4.78 is 4.55. The molecule has 5 rings (SSSR count). The Bertz CT molecular complexity index is 1420. The molecule has 1 amide bonds. The molecule has 0 aliphatic carbocycles. The van der Waals surface area contributed by atoms with E-state index < -0.39 is 5.76 Å². The van der Waals surface area contributed by atoms with Gasteiger partial charge in [-0.15, -0.1) is 22.7 Å². The lowest BCUT2D eigenvalue weighted by molar-refractivity contribution is -0.115. The van der Waals surface area contributed by atoms with Gasteiger partial charge in [0.05, 0.1) is 17.0 Å².